The average molecular weight is 268 g/mol. The van der Waals surface area contributed by atoms with Crippen molar-refractivity contribution >= 4 is 17.3 Å². The number of rotatable bonds is 5. The van der Waals surface area contributed by atoms with Gasteiger partial charge in [-0.15, -0.1) is 11.3 Å². The fraction of sp³-hybridized carbons (Fsp3) is 0.692. The smallest absolute Gasteiger partial charge is 0.309 e. The fourth-order valence-corrected chi connectivity index (χ4v) is 3.34. The maximum absolute atomic E-state index is 10.6. The third kappa shape index (κ3) is 3.78. The van der Waals surface area contributed by atoms with Crippen LogP contribution in [0, 0.1) is 5.92 Å². The van der Waals surface area contributed by atoms with Crippen LogP contribution in [-0.2, 0) is 17.6 Å². The number of aromatic nitrogens is 1. The number of carbonyl (C=O) groups is 1. The van der Waals surface area contributed by atoms with Gasteiger partial charge in [-0.25, -0.2) is 4.98 Å². The Kier molecular flexibility index (Phi) is 4.72. The second kappa shape index (κ2) is 6.29. The van der Waals surface area contributed by atoms with E-state index in [9.17, 15) is 4.79 Å². The average Bonchev–Trinajstić information content (AvgIpc) is 2.76. The molecule has 5 heteroatoms. The number of carboxylic acids is 1. The lowest BCUT2D eigenvalue weighted by Crippen LogP contribution is -2.34. The molecule has 18 heavy (non-hydrogen) atoms. The van der Waals surface area contributed by atoms with E-state index in [0.717, 1.165) is 23.9 Å². The summed E-state index contributed by atoms with van der Waals surface area (Å²) in [6.45, 7) is 5.73. The van der Waals surface area contributed by atoms with Crippen LogP contribution < -0.4 is 0 Å². The number of piperidine rings is 1. The van der Waals surface area contributed by atoms with E-state index < -0.39 is 5.97 Å². The van der Waals surface area contributed by atoms with Crippen molar-refractivity contribution in [1.82, 2.24) is 9.88 Å². The van der Waals surface area contributed by atoms with Gasteiger partial charge in [-0.3, -0.25) is 4.79 Å². The fourth-order valence-electron chi connectivity index (χ4n) is 2.43. The Balaban J connectivity index is 1.83. The Bertz CT molecular complexity index is 397. The molecule has 1 aromatic heterocycles. The zero-order valence-corrected chi connectivity index (χ0v) is 11.6. The van der Waals surface area contributed by atoms with Gasteiger partial charge in [-0.05, 0) is 38.4 Å². The van der Waals surface area contributed by atoms with Gasteiger partial charge in [0.05, 0.1) is 17.1 Å². The summed E-state index contributed by atoms with van der Waals surface area (Å²) in [7, 11) is 0. The Morgan fingerprint density at radius 2 is 2.28 bits per heavy atom. The lowest BCUT2D eigenvalue weighted by Gasteiger charge is -2.30. The first-order valence-electron chi connectivity index (χ1n) is 6.54. The van der Waals surface area contributed by atoms with Crippen molar-refractivity contribution < 1.29 is 9.90 Å². The minimum atomic E-state index is -0.803. The van der Waals surface area contributed by atoms with Crippen LogP contribution in [0.25, 0.3) is 0 Å². The Labute approximate surface area is 112 Å². The van der Waals surface area contributed by atoms with Crippen LogP contribution in [0.3, 0.4) is 0 Å². The highest BCUT2D eigenvalue weighted by atomic mass is 32.1. The Hall–Kier alpha value is -0.940. The van der Waals surface area contributed by atoms with Crippen LogP contribution in [0.15, 0.2) is 5.38 Å². The molecule has 0 saturated carbocycles. The quantitative estimate of drug-likeness (QED) is 0.888. The van der Waals surface area contributed by atoms with E-state index in [1.165, 1.54) is 25.9 Å². The standard InChI is InChI=1S/C13H20N2O2S/c1-2-15-5-3-10(4-6-15)7-12-14-11(9-18-12)8-13(16)17/h9-10H,2-8H2,1H3,(H,16,17). The third-order valence-electron chi connectivity index (χ3n) is 3.55. The van der Waals surface area contributed by atoms with Gasteiger partial charge in [-0.2, -0.15) is 0 Å². The monoisotopic (exact) mass is 268 g/mol. The molecule has 1 fully saturated rings. The molecule has 0 radical (unpaired) electrons. The summed E-state index contributed by atoms with van der Waals surface area (Å²) in [4.78, 5) is 17.5. The molecule has 0 unspecified atom stereocenters. The molecule has 0 spiro atoms. The third-order valence-corrected chi connectivity index (χ3v) is 4.47. The van der Waals surface area contributed by atoms with E-state index in [-0.39, 0.29) is 6.42 Å². The molecule has 1 aliphatic rings. The Morgan fingerprint density at radius 3 is 2.89 bits per heavy atom. The van der Waals surface area contributed by atoms with Crippen LogP contribution in [0.4, 0.5) is 0 Å². The molecule has 2 heterocycles. The van der Waals surface area contributed by atoms with Gasteiger partial charge in [0.15, 0.2) is 0 Å². The maximum atomic E-state index is 10.6. The highest BCUT2D eigenvalue weighted by Crippen LogP contribution is 2.23. The molecular formula is C13H20N2O2S. The molecule has 1 aromatic rings. The molecular weight excluding hydrogens is 248 g/mol. The van der Waals surface area contributed by atoms with Crippen LogP contribution in [0.2, 0.25) is 0 Å². The van der Waals surface area contributed by atoms with Crippen molar-refractivity contribution in [3.63, 3.8) is 0 Å². The first-order valence-corrected chi connectivity index (χ1v) is 7.42. The van der Waals surface area contributed by atoms with E-state index in [2.05, 4.69) is 16.8 Å². The van der Waals surface area contributed by atoms with Crippen LogP contribution >= 0.6 is 11.3 Å². The normalized spacial score (nSPS) is 18.1. The van der Waals surface area contributed by atoms with Gasteiger partial charge in [0, 0.05) is 11.8 Å². The number of hydrogen-bond acceptors (Lipinski definition) is 4. The topological polar surface area (TPSA) is 53.4 Å². The number of carboxylic acid groups (broad SMARTS) is 1. The van der Waals surface area contributed by atoms with E-state index >= 15 is 0 Å². The number of hydrogen-bond donors (Lipinski definition) is 1. The number of aliphatic carboxylic acids is 1. The van der Waals surface area contributed by atoms with Crippen molar-refractivity contribution in [2.75, 3.05) is 19.6 Å². The summed E-state index contributed by atoms with van der Waals surface area (Å²) in [5.74, 6) is -0.0836. The molecule has 4 nitrogen and oxygen atoms in total. The molecule has 0 amide bonds. The summed E-state index contributed by atoms with van der Waals surface area (Å²) >= 11 is 1.60. The minimum absolute atomic E-state index is 0.0464. The van der Waals surface area contributed by atoms with E-state index in [1.807, 2.05) is 5.38 Å². The van der Waals surface area contributed by atoms with Gasteiger partial charge < -0.3 is 10.0 Å². The second-order valence-corrected chi connectivity index (χ2v) is 5.83. The zero-order valence-electron chi connectivity index (χ0n) is 10.8. The highest BCUT2D eigenvalue weighted by molar-refractivity contribution is 7.09. The SMILES string of the molecule is CCN1CCC(Cc2nc(CC(=O)O)cs2)CC1. The van der Waals surface area contributed by atoms with Crippen molar-refractivity contribution in [2.24, 2.45) is 5.92 Å². The predicted molar refractivity (Wildman–Crippen MR) is 72.0 cm³/mol. The largest absolute Gasteiger partial charge is 0.481 e. The second-order valence-electron chi connectivity index (χ2n) is 4.88. The van der Waals surface area contributed by atoms with E-state index in [0.29, 0.717) is 5.69 Å². The molecule has 2 rings (SSSR count). The number of likely N-dealkylation sites (tertiary alicyclic amines) is 1. The van der Waals surface area contributed by atoms with Gasteiger partial charge in [0.25, 0.3) is 0 Å². The first-order chi connectivity index (χ1) is 8.67. The molecule has 0 aliphatic carbocycles. The summed E-state index contributed by atoms with van der Waals surface area (Å²) < 4.78 is 0. The Morgan fingerprint density at radius 1 is 1.56 bits per heavy atom. The first kappa shape index (κ1) is 13.5. The van der Waals surface area contributed by atoms with Crippen molar-refractivity contribution in [3.05, 3.63) is 16.1 Å². The molecule has 0 atom stereocenters. The van der Waals surface area contributed by atoms with Gasteiger partial charge in [0.2, 0.25) is 0 Å². The number of nitrogens with zero attached hydrogens (tertiary/aromatic N) is 2. The molecule has 1 saturated heterocycles. The molecule has 0 aromatic carbocycles. The molecule has 1 aliphatic heterocycles. The number of thiazole rings is 1. The van der Waals surface area contributed by atoms with Crippen LogP contribution in [0.1, 0.15) is 30.5 Å². The van der Waals surface area contributed by atoms with E-state index in [1.54, 1.807) is 11.3 Å². The van der Waals surface area contributed by atoms with E-state index in [4.69, 9.17) is 5.11 Å². The van der Waals surface area contributed by atoms with Gasteiger partial charge in [0.1, 0.15) is 0 Å². The van der Waals surface area contributed by atoms with Crippen molar-refractivity contribution in [2.45, 2.75) is 32.6 Å². The summed E-state index contributed by atoms with van der Waals surface area (Å²) in [5.41, 5.74) is 0.702. The predicted octanol–water partition coefficient (Wildman–Crippen LogP) is 2.04. The molecule has 0 bridgehead atoms. The highest BCUT2D eigenvalue weighted by Gasteiger charge is 2.19. The van der Waals surface area contributed by atoms with Gasteiger partial charge >= 0.3 is 5.97 Å². The minimum Gasteiger partial charge on any atom is -0.481 e. The lowest BCUT2D eigenvalue weighted by atomic mass is 9.94. The summed E-state index contributed by atoms with van der Waals surface area (Å²) in [5, 5.41) is 11.7. The summed E-state index contributed by atoms with van der Waals surface area (Å²) in [6.07, 6.45) is 3.54. The van der Waals surface area contributed by atoms with Crippen LogP contribution in [-0.4, -0.2) is 40.6 Å². The zero-order chi connectivity index (χ0) is 13.0. The van der Waals surface area contributed by atoms with Gasteiger partial charge in [-0.1, -0.05) is 6.92 Å². The van der Waals surface area contributed by atoms with Crippen molar-refractivity contribution in [3.8, 4) is 0 Å². The van der Waals surface area contributed by atoms with Crippen molar-refractivity contribution in [1.29, 1.82) is 0 Å². The molecule has 100 valence electrons. The summed E-state index contributed by atoms with van der Waals surface area (Å²) in [6, 6.07) is 0. The van der Waals surface area contributed by atoms with Crippen LogP contribution in [0.5, 0.6) is 0 Å². The maximum Gasteiger partial charge on any atom is 0.309 e. The lowest BCUT2D eigenvalue weighted by molar-refractivity contribution is -0.136. The molecule has 1 N–H and O–H groups in total.